The Morgan fingerprint density at radius 1 is 0.450 bits per heavy atom. The van der Waals surface area contributed by atoms with Gasteiger partial charge in [-0.15, -0.1) is 0 Å². The number of carbonyl (C=O) groups is 2. The molecule has 2 atom stereocenters. The summed E-state index contributed by atoms with van der Waals surface area (Å²) in [7, 11) is 0. The minimum absolute atomic E-state index is 0.0120. The molecule has 2 unspecified atom stereocenters. The number of aliphatic hydroxyl groups is 2. The lowest BCUT2D eigenvalue weighted by molar-refractivity contribution is -0.143. The molecule has 0 rings (SSSR count). The van der Waals surface area contributed by atoms with Crippen LogP contribution in [-0.2, 0) is 14.3 Å². The molecule has 60 heavy (non-hydrogen) atoms. The van der Waals surface area contributed by atoms with Crippen LogP contribution < -0.4 is 5.32 Å². The Bertz CT molecular complexity index is 893. The second-order valence-corrected chi connectivity index (χ2v) is 18.6. The number of allylic oxidation sites excluding steroid dienone is 1. The summed E-state index contributed by atoms with van der Waals surface area (Å²) in [6.07, 6.45) is 58.0. The van der Waals surface area contributed by atoms with E-state index in [9.17, 15) is 19.8 Å². The number of esters is 1. The van der Waals surface area contributed by atoms with Gasteiger partial charge in [0.05, 0.1) is 25.4 Å². The van der Waals surface area contributed by atoms with Crippen LogP contribution in [0.4, 0.5) is 0 Å². The van der Waals surface area contributed by atoms with Crippen LogP contribution >= 0.6 is 0 Å². The van der Waals surface area contributed by atoms with Gasteiger partial charge in [0.15, 0.2) is 0 Å². The molecular weight excluding hydrogens is 743 g/mol. The predicted octanol–water partition coefficient (Wildman–Crippen LogP) is 16.1. The fourth-order valence-corrected chi connectivity index (χ4v) is 8.40. The van der Waals surface area contributed by atoms with E-state index in [2.05, 4.69) is 19.2 Å². The van der Waals surface area contributed by atoms with Crippen LogP contribution in [0.3, 0.4) is 0 Å². The molecule has 0 aliphatic rings. The predicted molar refractivity (Wildman–Crippen MR) is 260 cm³/mol. The highest BCUT2D eigenvalue weighted by Crippen LogP contribution is 2.17. The summed E-state index contributed by atoms with van der Waals surface area (Å²) in [4.78, 5) is 24.4. The van der Waals surface area contributed by atoms with E-state index in [0.29, 0.717) is 19.4 Å². The van der Waals surface area contributed by atoms with Crippen molar-refractivity contribution in [3.05, 3.63) is 12.2 Å². The van der Waals surface area contributed by atoms with Crippen molar-refractivity contribution in [1.82, 2.24) is 5.32 Å². The number of nitrogens with one attached hydrogen (secondary N) is 1. The summed E-state index contributed by atoms with van der Waals surface area (Å²) in [5, 5.41) is 22.9. The van der Waals surface area contributed by atoms with E-state index < -0.39 is 12.1 Å². The average Bonchev–Trinajstić information content (AvgIpc) is 3.25. The number of carbonyl (C=O) groups excluding carboxylic acids is 2. The Balaban J connectivity index is 3.37. The quantitative estimate of drug-likeness (QED) is 0.0322. The zero-order chi connectivity index (χ0) is 43.7. The van der Waals surface area contributed by atoms with Gasteiger partial charge in [-0.05, 0) is 32.1 Å². The van der Waals surface area contributed by atoms with Crippen molar-refractivity contribution >= 4 is 11.9 Å². The minimum Gasteiger partial charge on any atom is -0.466 e. The summed E-state index contributed by atoms with van der Waals surface area (Å²) in [5.74, 6) is -0.0581. The first-order chi connectivity index (χ1) is 29.5. The molecule has 0 aliphatic heterocycles. The smallest absolute Gasteiger partial charge is 0.305 e. The maximum Gasteiger partial charge on any atom is 0.305 e. The number of unbranched alkanes of at least 4 members (excludes halogenated alkanes) is 39. The molecule has 0 aromatic carbocycles. The SMILES string of the molecule is CCCCCCCCCC/C=C/C(O)C(CO)NC(=O)CCCCCCCCCCCCCCCCCCCCCCCOC(=O)CCCCCCCCCCCCCC. The Morgan fingerprint density at radius 2 is 0.767 bits per heavy atom. The zero-order valence-electron chi connectivity index (χ0n) is 40.5. The molecule has 0 saturated heterocycles. The molecule has 0 heterocycles. The first-order valence-electron chi connectivity index (χ1n) is 27.0. The van der Waals surface area contributed by atoms with Gasteiger partial charge in [-0.2, -0.15) is 0 Å². The molecule has 0 radical (unpaired) electrons. The van der Waals surface area contributed by atoms with Crippen LogP contribution in [0.1, 0.15) is 296 Å². The van der Waals surface area contributed by atoms with Gasteiger partial charge >= 0.3 is 5.97 Å². The molecule has 356 valence electrons. The van der Waals surface area contributed by atoms with Crippen molar-refractivity contribution in [3.63, 3.8) is 0 Å². The molecular formula is C54H105NO5. The van der Waals surface area contributed by atoms with E-state index in [4.69, 9.17) is 4.74 Å². The van der Waals surface area contributed by atoms with Crippen LogP contribution in [0.15, 0.2) is 12.2 Å². The summed E-state index contributed by atoms with van der Waals surface area (Å²) in [5.41, 5.74) is 0. The fourth-order valence-electron chi connectivity index (χ4n) is 8.40. The molecule has 0 aliphatic carbocycles. The average molecular weight is 848 g/mol. The van der Waals surface area contributed by atoms with Gasteiger partial charge in [0.1, 0.15) is 0 Å². The van der Waals surface area contributed by atoms with Crippen LogP contribution in [0, 0.1) is 0 Å². The summed E-state index contributed by atoms with van der Waals surface area (Å²) in [6.45, 7) is 4.89. The van der Waals surface area contributed by atoms with E-state index in [1.54, 1.807) is 6.08 Å². The molecule has 6 nitrogen and oxygen atoms in total. The number of aliphatic hydroxyl groups excluding tert-OH is 2. The summed E-state index contributed by atoms with van der Waals surface area (Å²) in [6, 6.07) is -0.625. The third-order valence-electron chi connectivity index (χ3n) is 12.6. The van der Waals surface area contributed by atoms with Crippen LogP contribution in [-0.4, -0.2) is 47.4 Å². The van der Waals surface area contributed by atoms with E-state index in [1.165, 1.54) is 231 Å². The van der Waals surface area contributed by atoms with Crippen molar-refractivity contribution in [2.24, 2.45) is 0 Å². The van der Waals surface area contributed by atoms with Crippen LogP contribution in [0.2, 0.25) is 0 Å². The summed E-state index contributed by atoms with van der Waals surface area (Å²) >= 11 is 0. The van der Waals surface area contributed by atoms with Gasteiger partial charge in [-0.25, -0.2) is 0 Å². The van der Waals surface area contributed by atoms with Crippen molar-refractivity contribution in [1.29, 1.82) is 0 Å². The molecule has 3 N–H and O–H groups in total. The van der Waals surface area contributed by atoms with Gasteiger partial charge in [-0.1, -0.05) is 264 Å². The second-order valence-electron chi connectivity index (χ2n) is 18.6. The molecule has 0 fully saturated rings. The van der Waals surface area contributed by atoms with Gasteiger partial charge in [0.25, 0.3) is 0 Å². The first-order valence-corrected chi connectivity index (χ1v) is 27.0. The summed E-state index contributed by atoms with van der Waals surface area (Å²) < 4.78 is 5.47. The molecule has 0 saturated carbocycles. The highest BCUT2D eigenvalue weighted by molar-refractivity contribution is 5.76. The lowest BCUT2D eigenvalue weighted by Crippen LogP contribution is -2.45. The first kappa shape index (κ1) is 58.6. The zero-order valence-corrected chi connectivity index (χ0v) is 40.5. The molecule has 0 bridgehead atoms. The Morgan fingerprint density at radius 3 is 1.13 bits per heavy atom. The standard InChI is InChI=1S/C54H105NO5/c1-3-5-7-9-11-13-15-28-32-36-40-44-48-54(59)60-49-45-41-37-33-29-26-24-22-20-18-16-17-19-21-23-25-27-31-35-39-43-47-53(58)55-51(50-56)52(57)46-42-38-34-30-14-12-10-8-6-4-2/h42,46,51-52,56-57H,3-41,43-45,47-50H2,1-2H3,(H,55,58)/b46-42+. The number of ether oxygens (including phenoxy) is 1. The maximum absolute atomic E-state index is 12.4. The third kappa shape index (κ3) is 46.1. The molecule has 1 amide bonds. The normalized spacial score (nSPS) is 12.7. The van der Waals surface area contributed by atoms with Gasteiger partial charge < -0.3 is 20.3 Å². The molecule has 6 heteroatoms. The van der Waals surface area contributed by atoms with Gasteiger partial charge in [0.2, 0.25) is 5.91 Å². The van der Waals surface area contributed by atoms with E-state index >= 15 is 0 Å². The van der Waals surface area contributed by atoms with Crippen LogP contribution in [0.25, 0.3) is 0 Å². The highest BCUT2D eigenvalue weighted by atomic mass is 16.5. The van der Waals surface area contributed by atoms with Crippen molar-refractivity contribution in [3.8, 4) is 0 Å². The molecule has 0 aromatic heterocycles. The fraction of sp³-hybridized carbons (Fsp3) is 0.926. The van der Waals surface area contributed by atoms with Crippen molar-refractivity contribution in [2.75, 3.05) is 13.2 Å². The van der Waals surface area contributed by atoms with Crippen molar-refractivity contribution in [2.45, 2.75) is 309 Å². The lowest BCUT2D eigenvalue weighted by atomic mass is 10.0. The van der Waals surface area contributed by atoms with E-state index in [0.717, 1.165) is 38.5 Å². The third-order valence-corrected chi connectivity index (χ3v) is 12.6. The largest absolute Gasteiger partial charge is 0.466 e. The second kappa shape index (κ2) is 50.2. The highest BCUT2D eigenvalue weighted by Gasteiger charge is 2.18. The number of amides is 1. The topological polar surface area (TPSA) is 95.9 Å². The Kier molecular flexibility index (Phi) is 49.1. The maximum atomic E-state index is 12.4. The van der Waals surface area contributed by atoms with E-state index in [1.807, 2.05) is 6.08 Å². The number of hydrogen-bond donors (Lipinski definition) is 3. The Hall–Kier alpha value is -1.40. The van der Waals surface area contributed by atoms with Gasteiger partial charge in [-0.3, -0.25) is 9.59 Å². The van der Waals surface area contributed by atoms with Crippen molar-refractivity contribution < 1.29 is 24.5 Å². The minimum atomic E-state index is -0.842. The molecule has 0 spiro atoms. The molecule has 0 aromatic rings. The number of hydrogen-bond acceptors (Lipinski definition) is 5. The van der Waals surface area contributed by atoms with E-state index in [-0.39, 0.29) is 18.5 Å². The van der Waals surface area contributed by atoms with Gasteiger partial charge in [0, 0.05) is 12.8 Å². The monoisotopic (exact) mass is 848 g/mol. The van der Waals surface area contributed by atoms with Crippen LogP contribution in [0.5, 0.6) is 0 Å². The number of rotatable bonds is 50. The lowest BCUT2D eigenvalue weighted by Gasteiger charge is -2.20. The Labute approximate surface area is 374 Å².